The van der Waals surface area contributed by atoms with Crippen LogP contribution in [0.5, 0.6) is 5.75 Å². The lowest BCUT2D eigenvalue weighted by Gasteiger charge is -2.22. The van der Waals surface area contributed by atoms with Crippen molar-refractivity contribution in [3.05, 3.63) is 29.8 Å². The average Bonchev–Trinajstić information content (AvgIpc) is 2.92. The molecule has 0 aliphatic heterocycles. The molecule has 0 heterocycles. The monoisotopic (exact) mass is 261 g/mol. The van der Waals surface area contributed by atoms with Crippen LogP contribution in [0.25, 0.3) is 0 Å². The highest BCUT2D eigenvalue weighted by atomic mass is 16.5. The highest BCUT2D eigenvalue weighted by molar-refractivity contribution is 5.30. The van der Waals surface area contributed by atoms with Gasteiger partial charge < -0.3 is 10.1 Å². The van der Waals surface area contributed by atoms with Crippen molar-refractivity contribution < 1.29 is 4.74 Å². The van der Waals surface area contributed by atoms with Gasteiger partial charge in [-0.15, -0.1) is 0 Å². The molecular formula is C17H27NO. The van der Waals surface area contributed by atoms with Crippen molar-refractivity contribution in [1.29, 1.82) is 0 Å². The van der Waals surface area contributed by atoms with Crippen molar-refractivity contribution >= 4 is 0 Å². The molecule has 0 bridgehead atoms. The van der Waals surface area contributed by atoms with Crippen molar-refractivity contribution in [3.8, 4) is 5.75 Å². The van der Waals surface area contributed by atoms with E-state index in [0.29, 0.717) is 6.04 Å². The van der Waals surface area contributed by atoms with E-state index in [1.807, 2.05) is 13.0 Å². The third-order valence-corrected chi connectivity index (χ3v) is 4.07. The van der Waals surface area contributed by atoms with Gasteiger partial charge in [0.2, 0.25) is 0 Å². The van der Waals surface area contributed by atoms with Gasteiger partial charge in [0.05, 0.1) is 6.61 Å². The first-order valence-electron chi connectivity index (χ1n) is 7.79. The zero-order valence-electron chi connectivity index (χ0n) is 12.3. The fourth-order valence-electron chi connectivity index (χ4n) is 3.15. The van der Waals surface area contributed by atoms with Crippen LogP contribution in [0.2, 0.25) is 0 Å². The highest BCUT2D eigenvalue weighted by Crippen LogP contribution is 2.33. The van der Waals surface area contributed by atoms with E-state index in [1.54, 1.807) is 0 Å². The lowest BCUT2D eigenvalue weighted by molar-refractivity contribution is 0.338. The summed E-state index contributed by atoms with van der Waals surface area (Å²) in [7, 11) is 0. The number of hydrogen-bond acceptors (Lipinski definition) is 2. The minimum atomic E-state index is 0.480. The second-order valence-corrected chi connectivity index (χ2v) is 5.50. The molecule has 0 radical (unpaired) electrons. The summed E-state index contributed by atoms with van der Waals surface area (Å²) in [6.45, 7) is 5.98. The summed E-state index contributed by atoms with van der Waals surface area (Å²) >= 11 is 0. The normalized spacial score (nSPS) is 17.6. The molecule has 1 aliphatic rings. The first-order chi connectivity index (χ1) is 9.33. The lowest BCUT2D eigenvalue weighted by Crippen LogP contribution is -2.23. The Labute approximate surface area is 117 Å². The molecule has 106 valence electrons. The Kier molecular flexibility index (Phi) is 5.71. The van der Waals surface area contributed by atoms with Crippen LogP contribution in [0.15, 0.2) is 24.3 Å². The Hall–Kier alpha value is -1.02. The summed E-state index contributed by atoms with van der Waals surface area (Å²) in [4.78, 5) is 0. The van der Waals surface area contributed by atoms with Gasteiger partial charge in [0, 0.05) is 6.04 Å². The molecule has 0 amide bonds. The van der Waals surface area contributed by atoms with E-state index in [0.717, 1.165) is 24.8 Å². The molecule has 1 aromatic carbocycles. The summed E-state index contributed by atoms with van der Waals surface area (Å²) in [5.41, 5.74) is 1.37. The van der Waals surface area contributed by atoms with Crippen LogP contribution in [0.3, 0.4) is 0 Å². The average molecular weight is 261 g/mol. The number of benzene rings is 1. The third-order valence-electron chi connectivity index (χ3n) is 4.07. The SMILES string of the molecule is CCNC(CC1CCCC1)c1cccc(OCC)c1. The van der Waals surface area contributed by atoms with E-state index < -0.39 is 0 Å². The van der Waals surface area contributed by atoms with E-state index in [4.69, 9.17) is 4.74 Å². The molecule has 1 aliphatic carbocycles. The van der Waals surface area contributed by atoms with Crippen LogP contribution >= 0.6 is 0 Å². The van der Waals surface area contributed by atoms with Crippen LogP contribution in [0.1, 0.15) is 57.6 Å². The maximum atomic E-state index is 5.62. The fraction of sp³-hybridized carbons (Fsp3) is 0.647. The zero-order chi connectivity index (χ0) is 13.5. The molecule has 2 nitrogen and oxygen atoms in total. The summed E-state index contributed by atoms with van der Waals surface area (Å²) in [6, 6.07) is 9.06. The molecular weight excluding hydrogens is 234 g/mol. The molecule has 1 fully saturated rings. The molecule has 1 unspecified atom stereocenters. The van der Waals surface area contributed by atoms with E-state index in [2.05, 4.69) is 30.4 Å². The minimum Gasteiger partial charge on any atom is -0.494 e. The van der Waals surface area contributed by atoms with Crippen LogP contribution in [-0.2, 0) is 0 Å². The van der Waals surface area contributed by atoms with Crippen LogP contribution in [0, 0.1) is 5.92 Å². The Balaban J connectivity index is 2.05. The Morgan fingerprint density at radius 1 is 1.26 bits per heavy atom. The fourth-order valence-corrected chi connectivity index (χ4v) is 3.15. The van der Waals surface area contributed by atoms with Gasteiger partial charge in [0.25, 0.3) is 0 Å². The summed E-state index contributed by atoms with van der Waals surface area (Å²) in [6.07, 6.45) is 6.93. The largest absolute Gasteiger partial charge is 0.494 e. The van der Waals surface area contributed by atoms with Gasteiger partial charge in [-0.05, 0) is 43.5 Å². The Morgan fingerprint density at radius 2 is 2.05 bits per heavy atom. The van der Waals surface area contributed by atoms with E-state index >= 15 is 0 Å². The summed E-state index contributed by atoms with van der Waals surface area (Å²) in [5.74, 6) is 1.90. The highest BCUT2D eigenvalue weighted by Gasteiger charge is 2.21. The molecule has 0 spiro atoms. The van der Waals surface area contributed by atoms with Crippen molar-refractivity contribution in [2.45, 2.75) is 52.0 Å². The molecule has 0 saturated heterocycles. The topological polar surface area (TPSA) is 21.3 Å². The second-order valence-electron chi connectivity index (χ2n) is 5.50. The van der Waals surface area contributed by atoms with Crippen molar-refractivity contribution in [2.75, 3.05) is 13.2 Å². The van der Waals surface area contributed by atoms with Crippen LogP contribution in [-0.4, -0.2) is 13.2 Å². The Morgan fingerprint density at radius 3 is 2.74 bits per heavy atom. The van der Waals surface area contributed by atoms with Gasteiger partial charge in [0.15, 0.2) is 0 Å². The standard InChI is InChI=1S/C17H27NO/c1-3-18-17(12-14-8-5-6-9-14)15-10-7-11-16(13-15)19-4-2/h7,10-11,13-14,17-18H,3-6,8-9,12H2,1-2H3. The van der Waals surface area contributed by atoms with Gasteiger partial charge in [-0.1, -0.05) is 44.7 Å². The van der Waals surface area contributed by atoms with E-state index in [-0.39, 0.29) is 0 Å². The number of hydrogen-bond donors (Lipinski definition) is 1. The van der Waals surface area contributed by atoms with Crippen molar-refractivity contribution in [2.24, 2.45) is 5.92 Å². The minimum absolute atomic E-state index is 0.480. The molecule has 1 N–H and O–H groups in total. The smallest absolute Gasteiger partial charge is 0.119 e. The van der Waals surface area contributed by atoms with Gasteiger partial charge in [0.1, 0.15) is 5.75 Å². The Bertz CT molecular complexity index is 371. The van der Waals surface area contributed by atoms with Crippen molar-refractivity contribution in [3.63, 3.8) is 0 Å². The first-order valence-corrected chi connectivity index (χ1v) is 7.79. The van der Waals surface area contributed by atoms with E-state index in [1.165, 1.54) is 37.7 Å². The third kappa shape index (κ3) is 4.24. The maximum Gasteiger partial charge on any atom is 0.119 e. The second kappa shape index (κ2) is 7.54. The van der Waals surface area contributed by atoms with Crippen molar-refractivity contribution in [1.82, 2.24) is 5.32 Å². The summed E-state index contributed by atoms with van der Waals surface area (Å²) in [5, 5.41) is 3.64. The van der Waals surface area contributed by atoms with Crippen LogP contribution in [0.4, 0.5) is 0 Å². The predicted octanol–water partition coefficient (Wildman–Crippen LogP) is 4.32. The number of ether oxygens (including phenoxy) is 1. The number of nitrogens with one attached hydrogen (secondary N) is 1. The van der Waals surface area contributed by atoms with Crippen LogP contribution < -0.4 is 10.1 Å². The molecule has 1 atom stereocenters. The molecule has 2 heteroatoms. The van der Waals surface area contributed by atoms with Gasteiger partial charge in [-0.2, -0.15) is 0 Å². The maximum absolute atomic E-state index is 5.62. The quantitative estimate of drug-likeness (QED) is 0.789. The first kappa shape index (κ1) is 14.4. The number of rotatable bonds is 7. The predicted molar refractivity (Wildman–Crippen MR) is 80.6 cm³/mol. The van der Waals surface area contributed by atoms with Gasteiger partial charge in [-0.25, -0.2) is 0 Å². The molecule has 1 aromatic rings. The van der Waals surface area contributed by atoms with E-state index in [9.17, 15) is 0 Å². The lowest BCUT2D eigenvalue weighted by atomic mass is 9.93. The van der Waals surface area contributed by atoms with Gasteiger partial charge in [-0.3, -0.25) is 0 Å². The molecule has 19 heavy (non-hydrogen) atoms. The summed E-state index contributed by atoms with van der Waals surface area (Å²) < 4.78 is 5.62. The molecule has 2 rings (SSSR count). The van der Waals surface area contributed by atoms with Gasteiger partial charge >= 0.3 is 0 Å². The molecule has 1 saturated carbocycles. The molecule has 0 aromatic heterocycles. The zero-order valence-corrected chi connectivity index (χ0v) is 12.3.